The standard InChI is InChI=1S/C16H25N3O2/c1-12(2)10-15(20)18-8-3-9-19-16(21)14-6-4-13(11-17)5-7-14/h4-7,12H,3,8-11,17H2,1-2H3,(H,18,20)(H,19,21). The van der Waals surface area contributed by atoms with Gasteiger partial charge in [0.25, 0.3) is 5.91 Å². The van der Waals surface area contributed by atoms with Gasteiger partial charge in [0.2, 0.25) is 5.91 Å². The molecule has 0 aromatic heterocycles. The molecule has 0 saturated carbocycles. The lowest BCUT2D eigenvalue weighted by Gasteiger charge is -2.08. The Kier molecular flexibility index (Phi) is 7.46. The van der Waals surface area contributed by atoms with Crippen molar-refractivity contribution in [3.63, 3.8) is 0 Å². The lowest BCUT2D eigenvalue weighted by atomic mass is 10.1. The largest absolute Gasteiger partial charge is 0.356 e. The van der Waals surface area contributed by atoms with E-state index in [1.807, 2.05) is 26.0 Å². The van der Waals surface area contributed by atoms with Gasteiger partial charge in [0.15, 0.2) is 0 Å². The van der Waals surface area contributed by atoms with Crippen LogP contribution in [0.3, 0.4) is 0 Å². The highest BCUT2D eigenvalue weighted by molar-refractivity contribution is 5.94. The number of hydrogen-bond acceptors (Lipinski definition) is 3. The van der Waals surface area contributed by atoms with E-state index in [9.17, 15) is 9.59 Å². The third-order valence-electron chi connectivity index (χ3n) is 3.01. The number of hydrogen-bond donors (Lipinski definition) is 3. The Bertz CT molecular complexity index is 455. The first kappa shape index (κ1) is 17.2. The number of carbonyl (C=O) groups excluding carboxylic acids is 2. The van der Waals surface area contributed by atoms with Gasteiger partial charge in [-0.05, 0) is 30.0 Å². The third kappa shape index (κ3) is 6.90. The molecule has 5 heteroatoms. The van der Waals surface area contributed by atoms with Crippen molar-refractivity contribution in [2.24, 2.45) is 11.7 Å². The molecule has 5 nitrogen and oxygen atoms in total. The normalized spacial score (nSPS) is 10.5. The molecule has 1 aromatic rings. The van der Waals surface area contributed by atoms with Gasteiger partial charge in [-0.3, -0.25) is 9.59 Å². The van der Waals surface area contributed by atoms with Crippen LogP contribution in [0.25, 0.3) is 0 Å². The summed E-state index contributed by atoms with van der Waals surface area (Å²) < 4.78 is 0. The molecule has 0 saturated heterocycles. The Labute approximate surface area is 126 Å². The Hall–Kier alpha value is -1.88. The summed E-state index contributed by atoms with van der Waals surface area (Å²) in [5, 5.41) is 5.67. The average molecular weight is 291 g/mol. The van der Waals surface area contributed by atoms with Gasteiger partial charge >= 0.3 is 0 Å². The van der Waals surface area contributed by atoms with E-state index in [1.54, 1.807) is 12.1 Å². The van der Waals surface area contributed by atoms with Gasteiger partial charge in [-0.2, -0.15) is 0 Å². The molecular weight excluding hydrogens is 266 g/mol. The van der Waals surface area contributed by atoms with Crippen molar-refractivity contribution in [2.45, 2.75) is 33.2 Å². The molecule has 0 unspecified atom stereocenters. The fourth-order valence-electron chi connectivity index (χ4n) is 1.86. The molecule has 0 radical (unpaired) electrons. The minimum atomic E-state index is -0.105. The fraction of sp³-hybridized carbons (Fsp3) is 0.500. The molecule has 116 valence electrons. The summed E-state index contributed by atoms with van der Waals surface area (Å²) in [5.41, 5.74) is 7.13. The van der Waals surface area contributed by atoms with E-state index < -0.39 is 0 Å². The first-order chi connectivity index (χ1) is 10.0. The van der Waals surface area contributed by atoms with Gasteiger partial charge in [0.1, 0.15) is 0 Å². The van der Waals surface area contributed by atoms with Crippen molar-refractivity contribution in [1.82, 2.24) is 10.6 Å². The third-order valence-corrected chi connectivity index (χ3v) is 3.01. The number of nitrogens with two attached hydrogens (primary N) is 1. The Balaban J connectivity index is 2.20. The molecule has 2 amide bonds. The van der Waals surface area contributed by atoms with Crippen LogP contribution in [-0.4, -0.2) is 24.9 Å². The van der Waals surface area contributed by atoms with Crippen molar-refractivity contribution in [3.8, 4) is 0 Å². The van der Waals surface area contributed by atoms with Crippen LogP contribution in [0.4, 0.5) is 0 Å². The van der Waals surface area contributed by atoms with Crippen LogP contribution in [0, 0.1) is 5.92 Å². The minimum Gasteiger partial charge on any atom is -0.356 e. The minimum absolute atomic E-state index is 0.0636. The van der Waals surface area contributed by atoms with Gasteiger partial charge in [-0.1, -0.05) is 26.0 Å². The predicted octanol–water partition coefficient (Wildman–Crippen LogP) is 1.43. The second-order valence-corrected chi connectivity index (χ2v) is 5.46. The van der Waals surface area contributed by atoms with E-state index in [2.05, 4.69) is 10.6 Å². The van der Waals surface area contributed by atoms with Crippen LogP contribution in [0.1, 0.15) is 42.6 Å². The van der Waals surface area contributed by atoms with E-state index in [-0.39, 0.29) is 11.8 Å². The molecular formula is C16H25N3O2. The van der Waals surface area contributed by atoms with E-state index in [0.717, 1.165) is 12.0 Å². The topological polar surface area (TPSA) is 84.2 Å². The summed E-state index contributed by atoms with van der Waals surface area (Å²) in [7, 11) is 0. The zero-order valence-corrected chi connectivity index (χ0v) is 12.8. The Morgan fingerprint density at radius 1 is 1.10 bits per heavy atom. The molecule has 0 aliphatic rings. The Morgan fingerprint density at radius 3 is 2.29 bits per heavy atom. The average Bonchev–Trinajstić information content (AvgIpc) is 2.46. The van der Waals surface area contributed by atoms with Crippen LogP contribution in [0.5, 0.6) is 0 Å². The SMILES string of the molecule is CC(C)CC(=O)NCCCNC(=O)c1ccc(CN)cc1. The second kappa shape index (κ2) is 9.13. The van der Waals surface area contributed by atoms with Crippen molar-refractivity contribution in [2.75, 3.05) is 13.1 Å². The molecule has 0 heterocycles. The summed E-state index contributed by atoms with van der Waals surface area (Å²) in [4.78, 5) is 23.3. The van der Waals surface area contributed by atoms with E-state index in [4.69, 9.17) is 5.73 Å². The molecule has 4 N–H and O–H groups in total. The second-order valence-electron chi connectivity index (χ2n) is 5.46. The maximum absolute atomic E-state index is 11.9. The lowest BCUT2D eigenvalue weighted by molar-refractivity contribution is -0.121. The molecule has 1 aromatic carbocycles. The van der Waals surface area contributed by atoms with E-state index in [0.29, 0.717) is 37.5 Å². The molecule has 0 bridgehead atoms. The monoisotopic (exact) mass is 291 g/mol. The van der Waals surface area contributed by atoms with Crippen LogP contribution in [0.15, 0.2) is 24.3 Å². The van der Waals surface area contributed by atoms with Gasteiger partial charge in [0.05, 0.1) is 0 Å². The predicted molar refractivity (Wildman–Crippen MR) is 83.7 cm³/mol. The number of nitrogens with one attached hydrogen (secondary N) is 2. The lowest BCUT2D eigenvalue weighted by Crippen LogP contribution is -2.30. The fourth-order valence-corrected chi connectivity index (χ4v) is 1.86. The van der Waals surface area contributed by atoms with Crippen molar-refractivity contribution in [3.05, 3.63) is 35.4 Å². The number of rotatable bonds is 8. The Morgan fingerprint density at radius 2 is 1.71 bits per heavy atom. The molecule has 0 aliphatic carbocycles. The number of amides is 2. The van der Waals surface area contributed by atoms with Gasteiger partial charge < -0.3 is 16.4 Å². The van der Waals surface area contributed by atoms with E-state index >= 15 is 0 Å². The summed E-state index contributed by atoms with van der Waals surface area (Å²) in [5.74, 6) is 0.321. The zero-order valence-electron chi connectivity index (χ0n) is 12.8. The van der Waals surface area contributed by atoms with Gasteiger partial charge in [-0.25, -0.2) is 0 Å². The molecule has 21 heavy (non-hydrogen) atoms. The maximum atomic E-state index is 11.9. The highest BCUT2D eigenvalue weighted by atomic mass is 16.2. The molecule has 1 rings (SSSR count). The first-order valence-corrected chi connectivity index (χ1v) is 7.37. The quantitative estimate of drug-likeness (QED) is 0.633. The van der Waals surface area contributed by atoms with Crippen molar-refractivity contribution in [1.29, 1.82) is 0 Å². The van der Waals surface area contributed by atoms with E-state index in [1.165, 1.54) is 0 Å². The molecule has 0 aliphatic heterocycles. The van der Waals surface area contributed by atoms with Gasteiger partial charge in [0, 0.05) is 31.6 Å². The molecule has 0 atom stereocenters. The summed E-state index contributed by atoms with van der Waals surface area (Å²) in [6.07, 6.45) is 1.26. The smallest absolute Gasteiger partial charge is 0.251 e. The number of carbonyl (C=O) groups is 2. The molecule has 0 spiro atoms. The number of benzene rings is 1. The van der Waals surface area contributed by atoms with Crippen LogP contribution >= 0.6 is 0 Å². The van der Waals surface area contributed by atoms with Crippen molar-refractivity contribution < 1.29 is 9.59 Å². The summed E-state index contributed by atoms with van der Waals surface area (Å²) in [6.45, 7) is 5.61. The maximum Gasteiger partial charge on any atom is 0.251 e. The van der Waals surface area contributed by atoms with Crippen LogP contribution in [-0.2, 0) is 11.3 Å². The highest BCUT2D eigenvalue weighted by Crippen LogP contribution is 2.03. The summed E-state index contributed by atoms with van der Waals surface area (Å²) >= 11 is 0. The van der Waals surface area contributed by atoms with Crippen molar-refractivity contribution >= 4 is 11.8 Å². The van der Waals surface area contributed by atoms with Crippen LogP contribution in [0.2, 0.25) is 0 Å². The molecule has 0 fully saturated rings. The first-order valence-electron chi connectivity index (χ1n) is 7.37. The summed E-state index contributed by atoms with van der Waals surface area (Å²) in [6, 6.07) is 7.23. The zero-order chi connectivity index (χ0) is 15.7. The van der Waals surface area contributed by atoms with Gasteiger partial charge in [-0.15, -0.1) is 0 Å². The highest BCUT2D eigenvalue weighted by Gasteiger charge is 2.05. The van der Waals surface area contributed by atoms with Crippen LogP contribution < -0.4 is 16.4 Å².